The van der Waals surface area contributed by atoms with Crippen LogP contribution in [0.2, 0.25) is 0 Å². The van der Waals surface area contributed by atoms with Crippen LogP contribution < -0.4 is 0 Å². The Morgan fingerprint density at radius 1 is 0.688 bits per heavy atom. The Bertz CT molecular complexity index is 1050. The Hall–Kier alpha value is -0.997. The van der Waals surface area contributed by atoms with Crippen LogP contribution in [0.15, 0.2) is 24.3 Å². The van der Waals surface area contributed by atoms with Gasteiger partial charge in [-0.2, -0.15) is 24.2 Å². The van der Waals surface area contributed by atoms with Crippen LogP contribution in [0.3, 0.4) is 0 Å². The van der Waals surface area contributed by atoms with E-state index in [4.69, 9.17) is 15.4 Å². The molecule has 10 heteroatoms. The molecule has 0 bridgehead atoms. The van der Waals surface area contributed by atoms with Crippen molar-refractivity contribution in [2.75, 3.05) is 32.7 Å². The van der Waals surface area contributed by atoms with Crippen LogP contribution in [-0.4, -0.2) is 73.0 Å². The number of fused-ring (bicyclic) bond motifs is 1. The fourth-order valence-electron chi connectivity index (χ4n) is 7.79. The Balaban J connectivity index is 0.000000176. The van der Waals surface area contributed by atoms with Gasteiger partial charge in [-0.3, -0.25) is 4.79 Å². The zero-order chi connectivity index (χ0) is 32.5. The van der Waals surface area contributed by atoms with Crippen molar-refractivity contribution in [3.63, 3.8) is 0 Å². The molecule has 0 amide bonds. The molecule has 5 fully saturated rings. The van der Waals surface area contributed by atoms with Crippen molar-refractivity contribution < 1.29 is 29.4 Å². The predicted octanol–water partition coefficient (Wildman–Crippen LogP) is 10.8. The van der Waals surface area contributed by atoms with Crippen LogP contribution in [0.1, 0.15) is 133 Å². The van der Waals surface area contributed by atoms with Gasteiger partial charge in [-0.1, -0.05) is 127 Å². The van der Waals surface area contributed by atoms with Crippen LogP contribution in [0.25, 0.3) is 36.8 Å². The van der Waals surface area contributed by atoms with Gasteiger partial charge in [-0.15, -0.1) is 44.1 Å². The minimum Gasteiger partial charge on any atom is -0.661 e. The van der Waals surface area contributed by atoms with Crippen molar-refractivity contribution >= 4 is 27.5 Å². The molecule has 1 N–H and O–H groups in total. The molecule has 2 aromatic rings. The molecule has 48 heavy (non-hydrogen) atoms. The van der Waals surface area contributed by atoms with Gasteiger partial charge in [-0.05, 0) is 24.5 Å². The molecule has 5 saturated heterocycles. The molecule has 0 aliphatic carbocycles. The first-order valence-electron chi connectivity index (χ1n) is 19.1. The first-order chi connectivity index (χ1) is 23.2. The largest absolute Gasteiger partial charge is 5.00 e. The van der Waals surface area contributed by atoms with E-state index in [0.717, 1.165) is 68.9 Å². The first-order valence-corrected chi connectivity index (χ1v) is 19.9. The number of aromatic nitrogens is 1. The number of piperidine rings is 5. The number of hydrogen-bond donors (Lipinski definition) is 1. The molecule has 6 atom stereocenters. The van der Waals surface area contributed by atoms with E-state index in [1.165, 1.54) is 94.6 Å². The molecular formula is C38H59N6O2RuS. The van der Waals surface area contributed by atoms with Crippen LogP contribution in [-0.2, 0) is 24.3 Å². The summed E-state index contributed by atoms with van der Waals surface area (Å²) in [6, 6.07) is 10.9. The summed E-state index contributed by atoms with van der Waals surface area (Å²) in [5, 5.41) is 33.2. The summed E-state index contributed by atoms with van der Waals surface area (Å²) in [7, 11) is 0. The molecule has 5 aliphatic rings. The van der Waals surface area contributed by atoms with Gasteiger partial charge in [0.25, 0.3) is 0 Å². The number of carboxylic acid groups (broad SMARTS) is 1. The van der Waals surface area contributed by atoms with E-state index in [1.54, 1.807) is 11.3 Å². The van der Waals surface area contributed by atoms with E-state index < -0.39 is 5.97 Å². The van der Waals surface area contributed by atoms with E-state index in [2.05, 4.69) is 39.5 Å². The average molecular weight is 765 g/mol. The summed E-state index contributed by atoms with van der Waals surface area (Å²) in [6.45, 7) is 5.31. The molecule has 1 aromatic carbocycles. The maximum absolute atomic E-state index is 10.5. The first kappa shape index (κ1) is 39.8. The van der Waals surface area contributed by atoms with E-state index in [-0.39, 0.29) is 25.5 Å². The van der Waals surface area contributed by atoms with Crippen LogP contribution in [0.5, 0.6) is 0 Å². The summed E-state index contributed by atoms with van der Waals surface area (Å²) in [6.07, 6.45) is 22.6. The fourth-order valence-corrected chi connectivity index (χ4v) is 8.83. The van der Waals surface area contributed by atoms with Crippen molar-refractivity contribution in [2.24, 2.45) is 5.92 Å². The Morgan fingerprint density at radius 3 is 1.71 bits per heavy atom. The maximum Gasteiger partial charge on any atom is 5.00 e. The number of unbranched alkanes of at least 4 members (excludes halogenated alkanes) is 2. The van der Waals surface area contributed by atoms with Crippen molar-refractivity contribution in [3.8, 4) is 0 Å². The number of hydrogen-bond acceptors (Lipinski definition) is 3. The zero-order valence-corrected chi connectivity index (χ0v) is 31.6. The topological polar surface area (TPSA) is 121 Å². The molecule has 6 unspecified atom stereocenters. The molecule has 1 aromatic heterocycles. The van der Waals surface area contributed by atoms with Gasteiger partial charge in [0.15, 0.2) is 0 Å². The number of aliphatic carboxylic acids is 1. The number of thiazole rings is 1. The summed E-state index contributed by atoms with van der Waals surface area (Å²) in [4.78, 5) is 15.3. The predicted molar refractivity (Wildman–Crippen MR) is 197 cm³/mol. The number of benzene rings is 1. The third-order valence-electron chi connectivity index (χ3n) is 10.5. The molecule has 267 valence electrons. The number of nitrogens with zero attached hydrogens (tertiary/aromatic N) is 6. The van der Waals surface area contributed by atoms with E-state index in [0.29, 0.717) is 36.5 Å². The second-order valence-corrected chi connectivity index (χ2v) is 15.3. The Kier molecular flexibility index (Phi) is 18.9. The van der Waals surface area contributed by atoms with Crippen molar-refractivity contribution in [1.29, 1.82) is 0 Å². The third-order valence-corrected chi connectivity index (χ3v) is 11.7. The molecule has 0 saturated carbocycles. The second-order valence-electron chi connectivity index (χ2n) is 14.2. The van der Waals surface area contributed by atoms with Gasteiger partial charge < -0.3 is 31.7 Å². The summed E-state index contributed by atoms with van der Waals surface area (Å²) >= 11 is 1.77. The van der Waals surface area contributed by atoms with Gasteiger partial charge in [-0.25, -0.2) is 4.98 Å². The van der Waals surface area contributed by atoms with Gasteiger partial charge in [0.1, 0.15) is 0 Å². The SMILES string of the molecule is C1CCC(C2CCCC[N-]2)[N-]C1.C1CCC(C2CCCC[N-]2)[N-]C1.O=C(O)CCCCCC1CC[N-]C(c2nc3ccccc3s2)C1.[Ru+5]. The van der Waals surface area contributed by atoms with Crippen LogP contribution in [0, 0.1) is 5.92 Å². The van der Waals surface area contributed by atoms with E-state index in [9.17, 15) is 4.79 Å². The van der Waals surface area contributed by atoms with Crippen molar-refractivity contribution in [1.82, 2.24) is 4.98 Å². The normalized spacial score (nSPS) is 29.3. The van der Waals surface area contributed by atoms with Gasteiger partial charge in [0, 0.05) is 6.42 Å². The summed E-state index contributed by atoms with van der Waals surface area (Å²) in [5.74, 6) is 0.0201. The minimum absolute atomic E-state index is 0. The number of carbonyl (C=O) groups is 1. The van der Waals surface area contributed by atoms with Gasteiger partial charge >= 0.3 is 25.4 Å². The third kappa shape index (κ3) is 13.6. The molecule has 0 spiro atoms. The maximum atomic E-state index is 10.5. The van der Waals surface area contributed by atoms with Crippen LogP contribution >= 0.6 is 11.3 Å². The van der Waals surface area contributed by atoms with Crippen LogP contribution in [0.4, 0.5) is 0 Å². The smallest absolute Gasteiger partial charge is 0.661 e. The molecular weight excluding hydrogens is 706 g/mol. The second kappa shape index (κ2) is 22.7. The zero-order valence-electron chi connectivity index (χ0n) is 29.0. The number of para-hydroxylation sites is 1. The fraction of sp³-hybridized carbons (Fsp3) is 0.789. The van der Waals surface area contributed by atoms with E-state index in [1.807, 2.05) is 6.07 Å². The number of carboxylic acids is 1. The van der Waals surface area contributed by atoms with E-state index >= 15 is 0 Å². The summed E-state index contributed by atoms with van der Waals surface area (Å²) in [5.41, 5.74) is 1.08. The molecule has 5 aliphatic heterocycles. The Morgan fingerprint density at radius 2 is 1.23 bits per heavy atom. The minimum atomic E-state index is -0.683. The average Bonchev–Trinajstić information content (AvgIpc) is 3.58. The molecule has 6 heterocycles. The van der Waals surface area contributed by atoms with Crippen molar-refractivity contribution in [3.05, 3.63) is 55.9 Å². The number of rotatable bonds is 9. The quantitative estimate of drug-likeness (QED) is 0.202. The summed E-state index contributed by atoms with van der Waals surface area (Å²) < 4.78 is 1.24. The Labute approximate surface area is 307 Å². The van der Waals surface area contributed by atoms with Gasteiger partial charge in [0.05, 0.1) is 15.2 Å². The monoisotopic (exact) mass is 765 g/mol. The van der Waals surface area contributed by atoms with Crippen molar-refractivity contribution in [2.45, 2.75) is 152 Å². The molecule has 1 radical (unpaired) electrons. The molecule has 8 nitrogen and oxygen atoms in total. The van der Waals surface area contributed by atoms with Gasteiger partial charge in [0.2, 0.25) is 0 Å². The molecule has 7 rings (SSSR count). The standard InChI is InChI=1S/C18H23N2O2S.2C10H18N2.Ru/c21-17(22)9-3-1-2-6-13-10-11-19-15(12-13)18-20-14-7-4-5-8-16(14)23-18;2*1-3-7-11-9(5-1)10-6-2-4-8-12-10;/h4-5,7-8,13,15H,1-3,6,9-12H2,(H,21,22);2*9-10H,1-8H2;/q-1;2*-2;+5.